The van der Waals surface area contributed by atoms with Gasteiger partial charge in [-0.05, 0) is 31.2 Å². The second kappa shape index (κ2) is 27.6. The fourth-order valence-corrected chi connectivity index (χ4v) is 7.81. The van der Waals surface area contributed by atoms with Crippen LogP contribution in [0.15, 0.2) is 30.5 Å². The average Bonchev–Trinajstić information content (AvgIpc) is 3.29. The SMILES string of the molecule is C[C@@H](CCC(=O)NC[C@H](O)[C@@H](O)[C@H](O)[C@H](O)CO)C(=O)NC(CSSCCOC(=O)CNC(=O)CC[C@H](CC(=O)c1ccc(CCc2cnc3nc(N)nc(N)c3n2)cc1)C(=O)O)C(=O)O. The van der Waals surface area contributed by atoms with E-state index in [4.69, 9.17) is 21.3 Å². The maximum absolute atomic E-state index is 12.9. The molecule has 362 valence electrons. The molecule has 0 saturated carbocycles. The molecular weight excluding hydrogens is 911 g/mol. The van der Waals surface area contributed by atoms with Gasteiger partial charge in [-0.3, -0.25) is 28.8 Å². The molecule has 1 aromatic carbocycles. The molecule has 0 aliphatic rings. The predicted octanol–water partition coefficient (Wildman–Crippen LogP) is -2.00. The summed E-state index contributed by atoms with van der Waals surface area (Å²) in [6.45, 7) is -0.478. The number of nitrogens with zero attached hydrogens (tertiary/aromatic N) is 4. The highest BCUT2D eigenvalue weighted by Crippen LogP contribution is 2.23. The molecule has 0 radical (unpaired) electrons. The van der Waals surface area contributed by atoms with Crippen LogP contribution in [-0.4, -0.2) is 165 Å². The summed E-state index contributed by atoms with van der Waals surface area (Å²) in [5.74, 6) is -7.32. The molecule has 0 aliphatic carbocycles. The van der Waals surface area contributed by atoms with Crippen molar-refractivity contribution in [1.82, 2.24) is 35.9 Å². The number of aryl methyl sites for hydroxylation is 2. The number of carbonyl (C=O) groups is 7. The number of aromatic nitrogens is 4. The summed E-state index contributed by atoms with van der Waals surface area (Å²) in [6, 6.07) is 5.39. The Kier molecular flexibility index (Phi) is 22.9. The zero-order chi connectivity index (χ0) is 48.9. The fourth-order valence-electron chi connectivity index (χ4n) is 5.83. The third-order valence-electron chi connectivity index (χ3n) is 9.83. The van der Waals surface area contributed by atoms with Crippen LogP contribution in [0.4, 0.5) is 11.8 Å². The molecule has 1 unspecified atom stereocenters. The van der Waals surface area contributed by atoms with E-state index in [1.54, 1.807) is 30.5 Å². The van der Waals surface area contributed by atoms with Crippen LogP contribution >= 0.6 is 21.6 Å². The summed E-state index contributed by atoms with van der Waals surface area (Å²) in [7, 11) is 2.24. The normalized spacial score (nSPS) is 14.5. The number of anilines is 2. The first kappa shape index (κ1) is 54.6. The second-order valence-electron chi connectivity index (χ2n) is 14.9. The van der Waals surface area contributed by atoms with Crippen LogP contribution in [0, 0.1) is 11.8 Å². The average molecular weight is 966 g/mol. The van der Waals surface area contributed by atoms with Gasteiger partial charge in [0.25, 0.3) is 0 Å². The van der Waals surface area contributed by atoms with Crippen LogP contribution in [0.3, 0.4) is 0 Å². The highest BCUT2D eigenvalue weighted by atomic mass is 33.1. The van der Waals surface area contributed by atoms with Crippen LogP contribution in [0.5, 0.6) is 0 Å². The topological polar surface area (TPSA) is 410 Å². The number of carboxylic acid groups (broad SMARTS) is 2. The van der Waals surface area contributed by atoms with Gasteiger partial charge in [-0.2, -0.15) is 9.97 Å². The number of hydrogen-bond acceptors (Lipinski definition) is 21. The van der Waals surface area contributed by atoms with Gasteiger partial charge in [0.05, 0.1) is 30.5 Å². The molecule has 2 aromatic heterocycles. The molecule has 0 saturated heterocycles. The summed E-state index contributed by atoms with van der Waals surface area (Å²) in [4.78, 5) is 103. The number of Topliss-reactive ketones (excluding diaryl/α,β-unsaturated/α-hetero) is 1. The number of ether oxygens (including phenoxy) is 1. The van der Waals surface area contributed by atoms with E-state index in [1.807, 2.05) is 0 Å². The second-order valence-corrected chi connectivity index (χ2v) is 17.6. The van der Waals surface area contributed by atoms with Crippen molar-refractivity contribution in [3.8, 4) is 0 Å². The van der Waals surface area contributed by atoms with E-state index in [0.717, 1.165) is 27.2 Å². The van der Waals surface area contributed by atoms with Crippen molar-refractivity contribution in [1.29, 1.82) is 0 Å². The Labute approximate surface area is 385 Å². The third kappa shape index (κ3) is 18.6. The van der Waals surface area contributed by atoms with Crippen LogP contribution in [0.2, 0.25) is 0 Å². The van der Waals surface area contributed by atoms with Gasteiger partial charge in [0.15, 0.2) is 22.8 Å². The number of rotatable bonds is 30. The van der Waals surface area contributed by atoms with Crippen LogP contribution in [-0.2, 0) is 46.3 Å². The van der Waals surface area contributed by atoms with Crippen molar-refractivity contribution >= 4 is 85.9 Å². The number of nitrogens with two attached hydrogens (primary N) is 2. The lowest BCUT2D eigenvalue weighted by molar-refractivity contribution is -0.144. The van der Waals surface area contributed by atoms with Crippen molar-refractivity contribution in [2.45, 2.75) is 82.3 Å². The van der Waals surface area contributed by atoms with Gasteiger partial charge in [-0.25, -0.2) is 14.8 Å². The van der Waals surface area contributed by atoms with Crippen molar-refractivity contribution in [2.75, 3.05) is 49.3 Å². The van der Waals surface area contributed by atoms with Gasteiger partial charge in [0, 0.05) is 48.8 Å². The van der Waals surface area contributed by atoms with E-state index >= 15 is 0 Å². The number of esters is 1. The highest BCUT2D eigenvalue weighted by Gasteiger charge is 2.30. The molecule has 0 spiro atoms. The lowest BCUT2D eigenvalue weighted by Gasteiger charge is -2.25. The number of hydrogen-bond donors (Lipinski definition) is 12. The maximum Gasteiger partial charge on any atom is 0.327 e. The minimum atomic E-state index is -1.86. The Morgan fingerprint density at radius 2 is 1.48 bits per heavy atom. The number of aliphatic carboxylic acids is 2. The van der Waals surface area contributed by atoms with Crippen molar-refractivity contribution in [2.24, 2.45) is 11.8 Å². The maximum atomic E-state index is 12.9. The number of nitrogen functional groups attached to an aromatic ring is 2. The van der Waals surface area contributed by atoms with E-state index in [1.165, 1.54) is 6.92 Å². The standard InChI is InChI=1S/C40H55N9O15S2/c1-20(2-10-29(54)43-16-27(52)33(57)34(58)28(53)18-50)37(59)47-25(39(62)63)19-66-65-13-12-64-31(56)17-44-30(55)11-8-23(38(60)61)14-26(51)22-6-3-21(4-7-22)5-9-24-15-45-36-32(46-24)35(41)48-40(42)49-36/h3-4,6-7,15,20,23,25,27-28,33-34,50,52-53,57-58H,2,5,8-14,16-19H2,1H3,(H,43,54)(H,44,55)(H,47,59)(H,60,61)(H,62,63)(H4,41,42,45,48,49)/t20-,23+,25?,27-,28+,33+,34+/m0/s1. The summed E-state index contributed by atoms with van der Waals surface area (Å²) in [5.41, 5.74) is 13.9. The first-order valence-electron chi connectivity index (χ1n) is 20.5. The molecule has 7 atom stereocenters. The van der Waals surface area contributed by atoms with Crippen LogP contribution in [0.1, 0.15) is 60.6 Å². The minimum absolute atomic E-state index is 0.00199. The Bertz CT molecular complexity index is 2140. The number of carboxylic acids is 2. The number of aliphatic hydroxyl groups excluding tert-OH is 5. The summed E-state index contributed by atoms with van der Waals surface area (Å²) in [5, 5.41) is 73.9. The first-order valence-corrected chi connectivity index (χ1v) is 23.0. The molecule has 2 heterocycles. The van der Waals surface area contributed by atoms with Gasteiger partial charge in [0.1, 0.15) is 37.5 Å². The Balaban J connectivity index is 1.28. The molecule has 24 nitrogen and oxygen atoms in total. The number of ketones is 1. The molecule has 0 bridgehead atoms. The van der Waals surface area contributed by atoms with Gasteiger partial charge in [-0.1, -0.05) is 52.8 Å². The predicted molar refractivity (Wildman–Crippen MR) is 238 cm³/mol. The fraction of sp³-hybridized carbons (Fsp3) is 0.525. The summed E-state index contributed by atoms with van der Waals surface area (Å²) >= 11 is 0. The smallest absolute Gasteiger partial charge is 0.327 e. The Morgan fingerprint density at radius 1 is 0.818 bits per heavy atom. The number of aliphatic hydroxyl groups is 5. The third-order valence-corrected chi connectivity index (χ3v) is 12.2. The lowest BCUT2D eigenvalue weighted by Crippen LogP contribution is -2.49. The molecule has 66 heavy (non-hydrogen) atoms. The van der Waals surface area contributed by atoms with E-state index in [2.05, 4.69) is 35.9 Å². The zero-order valence-corrected chi connectivity index (χ0v) is 37.4. The molecule has 3 amide bonds. The van der Waals surface area contributed by atoms with Crippen molar-refractivity contribution in [3.05, 3.63) is 47.3 Å². The minimum Gasteiger partial charge on any atom is -0.481 e. The first-order chi connectivity index (χ1) is 31.3. The number of nitrogens with one attached hydrogen (secondary N) is 3. The Hall–Kier alpha value is -5.77. The number of benzene rings is 1. The van der Waals surface area contributed by atoms with Crippen molar-refractivity contribution in [3.63, 3.8) is 0 Å². The van der Waals surface area contributed by atoms with Gasteiger partial charge >= 0.3 is 17.9 Å². The van der Waals surface area contributed by atoms with Gasteiger partial charge in [0.2, 0.25) is 23.7 Å². The van der Waals surface area contributed by atoms with E-state index in [9.17, 15) is 64.2 Å². The monoisotopic (exact) mass is 965 g/mol. The number of carbonyl (C=O) groups excluding carboxylic acids is 5. The number of fused-ring (bicyclic) bond motifs is 1. The quantitative estimate of drug-likeness (QED) is 0.0149. The van der Waals surface area contributed by atoms with Gasteiger partial charge < -0.3 is 67.9 Å². The molecule has 0 aliphatic heterocycles. The molecule has 3 aromatic rings. The van der Waals surface area contributed by atoms with Crippen LogP contribution < -0.4 is 27.4 Å². The molecule has 26 heteroatoms. The van der Waals surface area contributed by atoms with E-state index in [-0.39, 0.29) is 67.6 Å². The molecule has 14 N–H and O–H groups in total. The van der Waals surface area contributed by atoms with Crippen molar-refractivity contribution < 1.29 is 74.0 Å². The zero-order valence-electron chi connectivity index (χ0n) is 35.8. The lowest BCUT2D eigenvalue weighted by atomic mass is 9.93. The molecular formula is C40H55N9O15S2. The van der Waals surface area contributed by atoms with E-state index < -0.39 is 103 Å². The molecule has 0 fully saturated rings. The largest absolute Gasteiger partial charge is 0.481 e. The molecule has 3 rings (SSSR count). The summed E-state index contributed by atoms with van der Waals surface area (Å²) in [6.07, 6.45) is -5.47. The Morgan fingerprint density at radius 3 is 2.15 bits per heavy atom. The van der Waals surface area contributed by atoms with Crippen LogP contribution in [0.25, 0.3) is 11.2 Å². The van der Waals surface area contributed by atoms with E-state index in [0.29, 0.717) is 29.6 Å². The van der Waals surface area contributed by atoms with Gasteiger partial charge in [-0.15, -0.1) is 0 Å². The number of amides is 3. The summed E-state index contributed by atoms with van der Waals surface area (Å²) < 4.78 is 5.07. The highest BCUT2D eigenvalue weighted by molar-refractivity contribution is 8.76.